The first-order valence-electron chi connectivity index (χ1n) is 7.44. The average Bonchev–Trinajstić information content (AvgIpc) is 2.48. The van der Waals surface area contributed by atoms with Gasteiger partial charge in [-0.15, -0.1) is 0 Å². The standard InChI is InChI=1S/C15H28O8/c1-5-14(2,18)9-22-11-21-7-6-15(3,19)10-23-13(17)8-12(16)20-4/h18-19H,5-11H2,1-4H3. The highest BCUT2D eigenvalue weighted by atomic mass is 16.7. The molecule has 0 aromatic heterocycles. The quantitative estimate of drug-likeness (QED) is 0.228. The summed E-state index contributed by atoms with van der Waals surface area (Å²) >= 11 is 0. The molecule has 23 heavy (non-hydrogen) atoms. The van der Waals surface area contributed by atoms with Crippen LogP contribution in [0.1, 0.15) is 40.0 Å². The molecular weight excluding hydrogens is 308 g/mol. The Morgan fingerprint density at radius 3 is 2.22 bits per heavy atom. The molecule has 0 saturated heterocycles. The summed E-state index contributed by atoms with van der Waals surface area (Å²) in [5, 5.41) is 19.7. The van der Waals surface area contributed by atoms with Crippen LogP contribution in [0.2, 0.25) is 0 Å². The fraction of sp³-hybridized carbons (Fsp3) is 0.867. The van der Waals surface area contributed by atoms with E-state index in [-0.39, 0.29) is 33.0 Å². The van der Waals surface area contributed by atoms with Gasteiger partial charge in [0.05, 0.1) is 31.5 Å². The van der Waals surface area contributed by atoms with Crippen molar-refractivity contribution in [3.63, 3.8) is 0 Å². The fourth-order valence-corrected chi connectivity index (χ4v) is 1.32. The SMILES string of the molecule is CCC(C)(O)COCOCCC(C)(O)COC(=O)CC(=O)OC. The van der Waals surface area contributed by atoms with Crippen molar-refractivity contribution >= 4 is 11.9 Å². The van der Waals surface area contributed by atoms with E-state index in [9.17, 15) is 19.8 Å². The van der Waals surface area contributed by atoms with Crippen molar-refractivity contribution < 1.29 is 38.7 Å². The van der Waals surface area contributed by atoms with Crippen LogP contribution in [0.5, 0.6) is 0 Å². The van der Waals surface area contributed by atoms with Gasteiger partial charge in [0.2, 0.25) is 0 Å². The van der Waals surface area contributed by atoms with E-state index >= 15 is 0 Å². The summed E-state index contributed by atoms with van der Waals surface area (Å²) in [6.07, 6.45) is 0.291. The second kappa shape index (κ2) is 10.5. The zero-order valence-corrected chi connectivity index (χ0v) is 14.3. The van der Waals surface area contributed by atoms with Crippen LogP contribution in [-0.2, 0) is 28.5 Å². The third-order valence-corrected chi connectivity index (χ3v) is 3.19. The van der Waals surface area contributed by atoms with Gasteiger partial charge in [-0.25, -0.2) is 0 Å². The monoisotopic (exact) mass is 336 g/mol. The van der Waals surface area contributed by atoms with Crippen LogP contribution in [0, 0.1) is 0 Å². The topological polar surface area (TPSA) is 112 Å². The van der Waals surface area contributed by atoms with Crippen molar-refractivity contribution in [2.45, 2.75) is 51.2 Å². The van der Waals surface area contributed by atoms with Crippen LogP contribution in [0.4, 0.5) is 0 Å². The van der Waals surface area contributed by atoms with Crippen molar-refractivity contribution in [1.29, 1.82) is 0 Å². The first-order valence-corrected chi connectivity index (χ1v) is 7.44. The van der Waals surface area contributed by atoms with Gasteiger partial charge in [-0.1, -0.05) is 6.92 Å². The van der Waals surface area contributed by atoms with Crippen LogP contribution in [0.15, 0.2) is 0 Å². The Kier molecular flexibility index (Phi) is 9.98. The number of rotatable bonds is 12. The Hall–Kier alpha value is -1.22. The maximum atomic E-state index is 11.3. The predicted octanol–water partition coefficient (Wildman–Crippen LogP) is 0.386. The first kappa shape index (κ1) is 21.8. The van der Waals surface area contributed by atoms with E-state index in [0.29, 0.717) is 6.42 Å². The molecule has 0 amide bonds. The second-order valence-corrected chi connectivity index (χ2v) is 5.89. The zero-order chi connectivity index (χ0) is 17.9. The third kappa shape index (κ3) is 11.9. The molecule has 0 aromatic carbocycles. The van der Waals surface area contributed by atoms with E-state index in [1.54, 1.807) is 6.92 Å². The highest BCUT2D eigenvalue weighted by Gasteiger charge is 2.23. The molecular formula is C15H28O8. The second-order valence-electron chi connectivity index (χ2n) is 5.89. The van der Waals surface area contributed by atoms with E-state index in [4.69, 9.17) is 14.2 Å². The first-order chi connectivity index (χ1) is 10.6. The number of carbonyl (C=O) groups is 2. The van der Waals surface area contributed by atoms with Crippen molar-refractivity contribution in [2.75, 3.05) is 33.7 Å². The molecule has 0 radical (unpaired) electrons. The summed E-state index contributed by atoms with van der Waals surface area (Å²) in [5.41, 5.74) is -2.16. The Morgan fingerprint density at radius 2 is 1.65 bits per heavy atom. The molecule has 2 atom stereocenters. The molecule has 0 aliphatic rings. The minimum atomic E-state index is -1.28. The van der Waals surface area contributed by atoms with Gasteiger partial charge in [0.1, 0.15) is 19.8 Å². The van der Waals surface area contributed by atoms with Crippen LogP contribution in [0.25, 0.3) is 0 Å². The predicted molar refractivity (Wildman–Crippen MR) is 80.5 cm³/mol. The lowest BCUT2D eigenvalue weighted by Crippen LogP contribution is -2.34. The summed E-state index contributed by atoms with van der Waals surface area (Å²) < 4.78 is 19.5. The van der Waals surface area contributed by atoms with Gasteiger partial charge >= 0.3 is 11.9 Å². The lowest BCUT2D eigenvalue weighted by atomic mass is 10.1. The summed E-state index contributed by atoms with van der Waals surface area (Å²) in [4.78, 5) is 22.2. The normalized spacial score (nSPS) is 16.3. The molecule has 0 saturated carbocycles. The van der Waals surface area contributed by atoms with Crippen LogP contribution in [0.3, 0.4) is 0 Å². The molecule has 0 fully saturated rings. The molecule has 2 N–H and O–H groups in total. The van der Waals surface area contributed by atoms with Gasteiger partial charge in [0.15, 0.2) is 0 Å². The Balaban J connectivity index is 3.80. The molecule has 8 heteroatoms. The summed E-state index contributed by atoms with van der Waals surface area (Å²) in [5.74, 6) is -1.46. The number of methoxy groups -OCH3 is 1. The van der Waals surface area contributed by atoms with Gasteiger partial charge in [-0.3, -0.25) is 9.59 Å². The number of hydrogen-bond acceptors (Lipinski definition) is 8. The Morgan fingerprint density at radius 1 is 1.00 bits per heavy atom. The van der Waals surface area contributed by atoms with Crippen molar-refractivity contribution in [3.8, 4) is 0 Å². The number of ether oxygens (including phenoxy) is 4. The molecule has 2 unspecified atom stereocenters. The molecule has 8 nitrogen and oxygen atoms in total. The molecule has 0 spiro atoms. The average molecular weight is 336 g/mol. The Labute approximate surface area is 136 Å². The molecule has 0 rings (SSSR count). The van der Waals surface area contributed by atoms with Crippen molar-refractivity contribution in [1.82, 2.24) is 0 Å². The largest absolute Gasteiger partial charge is 0.469 e. The molecule has 0 aliphatic heterocycles. The number of hydrogen-bond donors (Lipinski definition) is 2. The zero-order valence-electron chi connectivity index (χ0n) is 14.3. The van der Waals surface area contributed by atoms with Gasteiger partial charge in [-0.2, -0.15) is 0 Å². The van der Waals surface area contributed by atoms with E-state index in [0.717, 1.165) is 0 Å². The third-order valence-electron chi connectivity index (χ3n) is 3.19. The molecule has 0 aromatic rings. The highest BCUT2D eigenvalue weighted by molar-refractivity contribution is 5.91. The number of esters is 2. The molecule has 0 bridgehead atoms. The fourth-order valence-electron chi connectivity index (χ4n) is 1.32. The van der Waals surface area contributed by atoms with E-state index in [2.05, 4.69) is 4.74 Å². The molecule has 0 heterocycles. The van der Waals surface area contributed by atoms with Crippen molar-refractivity contribution in [3.05, 3.63) is 0 Å². The summed E-state index contributed by atoms with van der Waals surface area (Å²) in [6, 6.07) is 0. The highest BCUT2D eigenvalue weighted by Crippen LogP contribution is 2.11. The molecule has 136 valence electrons. The lowest BCUT2D eigenvalue weighted by molar-refractivity contribution is -0.159. The van der Waals surface area contributed by atoms with E-state index in [1.807, 2.05) is 6.92 Å². The van der Waals surface area contributed by atoms with Crippen LogP contribution in [-0.4, -0.2) is 67.1 Å². The minimum Gasteiger partial charge on any atom is -0.469 e. The smallest absolute Gasteiger partial charge is 0.317 e. The van der Waals surface area contributed by atoms with E-state index in [1.165, 1.54) is 14.0 Å². The summed E-state index contributed by atoms with van der Waals surface area (Å²) in [6.45, 7) is 5.10. The maximum Gasteiger partial charge on any atom is 0.317 e. The Bertz CT molecular complexity index is 364. The number of carbonyl (C=O) groups excluding carboxylic acids is 2. The molecule has 0 aliphatic carbocycles. The summed E-state index contributed by atoms with van der Waals surface area (Å²) in [7, 11) is 1.17. The van der Waals surface area contributed by atoms with E-state index < -0.39 is 29.6 Å². The van der Waals surface area contributed by atoms with Gasteiger partial charge in [0, 0.05) is 6.42 Å². The van der Waals surface area contributed by atoms with Gasteiger partial charge < -0.3 is 29.2 Å². The maximum absolute atomic E-state index is 11.3. The van der Waals surface area contributed by atoms with Crippen molar-refractivity contribution in [2.24, 2.45) is 0 Å². The number of aliphatic hydroxyl groups is 2. The minimum absolute atomic E-state index is 0.00560. The van der Waals surface area contributed by atoms with Crippen LogP contribution >= 0.6 is 0 Å². The van der Waals surface area contributed by atoms with Gasteiger partial charge in [0.25, 0.3) is 0 Å². The van der Waals surface area contributed by atoms with Crippen LogP contribution < -0.4 is 0 Å². The van der Waals surface area contributed by atoms with Gasteiger partial charge in [-0.05, 0) is 20.3 Å². The lowest BCUT2D eigenvalue weighted by Gasteiger charge is -2.23.